The molecule has 1 amide bonds. The van der Waals surface area contributed by atoms with Crippen LogP contribution in [0.25, 0.3) is 11.0 Å². The van der Waals surface area contributed by atoms with E-state index in [-0.39, 0.29) is 31.0 Å². The lowest BCUT2D eigenvalue weighted by Gasteiger charge is -2.20. The van der Waals surface area contributed by atoms with Crippen molar-refractivity contribution in [2.24, 2.45) is 0 Å². The van der Waals surface area contributed by atoms with E-state index in [1.807, 2.05) is 0 Å². The Labute approximate surface area is 253 Å². The zero-order chi connectivity index (χ0) is 32.0. The number of H-pyrrole nitrogens is 2. The number of aromatic hydroxyl groups is 2. The van der Waals surface area contributed by atoms with E-state index in [2.05, 4.69) is 39.9 Å². The summed E-state index contributed by atoms with van der Waals surface area (Å²) >= 11 is 0. The SMILES string of the molecule is C[Si](C)(C)CCOC(=O)[C@@H](CCC(=O)On1c(O)ccc1O)NC(=O)c1ccc(CCc2c[nH]c3nc(N)[nH]c(=O)c23)cc1. The molecule has 3 heterocycles. The first-order valence-electron chi connectivity index (χ1n) is 14.0. The number of carbonyl (C=O) groups is 3. The first-order chi connectivity index (χ1) is 20.8. The van der Waals surface area contributed by atoms with Crippen LogP contribution < -0.4 is 21.4 Å². The minimum Gasteiger partial charge on any atom is -0.492 e. The Bertz CT molecular complexity index is 1680. The molecule has 0 saturated carbocycles. The number of aromatic amines is 2. The van der Waals surface area contributed by atoms with Crippen LogP contribution in [0.2, 0.25) is 25.7 Å². The van der Waals surface area contributed by atoms with E-state index in [1.165, 1.54) is 0 Å². The van der Waals surface area contributed by atoms with E-state index in [9.17, 15) is 29.4 Å². The highest BCUT2D eigenvalue weighted by Gasteiger charge is 2.26. The predicted molar refractivity (Wildman–Crippen MR) is 164 cm³/mol. The Kier molecular flexibility index (Phi) is 9.78. The fourth-order valence-electron chi connectivity index (χ4n) is 4.37. The van der Waals surface area contributed by atoms with Crippen LogP contribution in [0, 0.1) is 0 Å². The molecule has 1 atom stereocenters. The molecule has 0 radical (unpaired) electrons. The highest BCUT2D eigenvalue weighted by atomic mass is 28.3. The van der Waals surface area contributed by atoms with Crippen LogP contribution in [0.5, 0.6) is 11.8 Å². The van der Waals surface area contributed by atoms with Gasteiger partial charge in [-0.05, 0) is 48.6 Å². The summed E-state index contributed by atoms with van der Waals surface area (Å²) in [5, 5.41) is 22.5. The normalized spacial score (nSPS) is 12.2. The maximum absolute atomic E-state index is 13.1. The molecule has 0 unspecified atom stereocenters. The second-order valence-corrected chi connectivity index (χ2v) is 17.2. The van der Waals surface area contributed by atoms with Gasteiger partial charge in [0.2, 0.25) is 17.7 Å². The molecule has 3 aromatic heterocycles. The number of nitrogens with two attached hydrogens (primary N) is 1. The number of aryl methyl sites for hydroxylation is 2. The average Bonchev–Trinajstić information content (AvgIpc) is 3.51. The molecule has 4 rings (SSSR count). The van der Waals surface area contributed by atoms with Crippen LogP contribution in [-0.4, -0.2) is 68.5 Å². The Morgan fingerprint density at radius 2 is 1.75 bits per heavy atom. The minimum atomic E-state index is -1.49. The highest BCUT2D eigenvalue weighted by Crippen LogP contribution is 2.19. The van der Waals surface area contributed by atoms with Gasteiger partial charge in [-0.3, -0.25) is 14.6 Å². The second kappa shape index (κ2) is 13.5. The molecule has 0 aliphatic heterocycles. The highest BCUT2D eigenvalue weighted by molar-refractivity contribution is 6.76. The third-order valence-electron chi connectivity index (χ3n) is 6.86. The first-order valence-corrected chi connectivity index (χ1v) is 17.7. The number of fused-ring (bicyclic) bond motifs is 1. The average molecular weight is 625 g/mol. The fraction of sp³-hybridized carbons (Fsp3) is 0.345. The molecule has 0 bridgehead atoms. The molecule has 0 fully saturated rings. The van der Waals surface area contributed by atoms with Crippen molar-refractivity contribution in [1.82, 2.24) is 25.0 Å². The number of nitrogen functional groups attached to an aromatic ring is 1. The summed E-state index contributed by atoms with van der Waals surface area (Å²) in [5.41, 5.74) is 7.69. The number of nitrogens with zero attached hydrogens (tertiary/aromatic N) is 2. The van der Waals surface area contributed by atoms with Gasteiger partial charge in [0.1, 0.15) is 11.7 Å². The van der Waals surface area contributed by atoms with E-state index in [4.69, 9.17) is 15.3 Å². The van der Waals surface area contributed by atoms with Gasteiger partial charge >= 0.3 is 11.9 Å². The zero-order valence-electron chi connectivity index (χ0n) is 24.7. The number of amides is 1. The third-order valence-corrected chi connectivity index (χ3v) is 8.56. The molecule has 4 aromatic rings. The van der Waals surface area contributed by atoms with E-state index < -0.39 is 43.7 Å². The summed E-state index contributed by atoms with van der Waals surface area (Å²) in [6.07, 6.45) is 2.39. The lowest BCUT2D eigenvalue weighted by molar-refractivity contribution is -0.147. The molecule has 15 heteroatoms. The van der Waals surface area contributed by atoms with Crippen LogP contribution in [0.4, 0.5) is 5.95 Å². The molecule has 44 heavy (non-hydrogen) atoms. The van der Waals surface area contributed by atoms with E-state index in [1.54, 1.807) is 30.5 Å². The van der Waals surface area contributed by atoms with Crippen molar-refractivity contribution in [3.8, 4) is 11.8 Å². The molecule has 0 saturated heterocycles. The number of hydrogen-bond donors (Lipinski definition) is 6. The molecule has 0 spiro atoms. The predicted octanol–water partition coefficient (Wildman–Crippen LogP) is 2.25. The third kappa shape index (κ3) is 8.28. The van der Waals surface area contributed by atoms with Gasteiger partial charge in [-0.25, -0.2) is 9.59 Å². The van der Waals surface area contributed by atoms with Gasteiger partial charge in [0.15, 0.2) is 0 Å². The van der Waals surface area contributed by atoms with Crippen molar-refractivity contribution in [1.29, 1.82) is 0 Å². The topological polar surface area (TPSA) is 215 Å². The number of rotatable bonds is 13. The molecular weight excluding hydrogens is 588 g/mol. The number of esters is 1. The minimum absolute atomic E-state index is 0.0317. The Balaban J connectivity index is 1.38. The Morgan fingerprint density at radius 1 is 1.07 bits per heavy atom. The maximum Gasteiger partial charge on any atom is 0.333 e. The number of carbonyl (C=O) groups excluding carboxylic acids is 3. The molecule has 0 aliphatic rings. The molecule has 14 nitrogen and oxygen atoms in total. The summed E-state index contributed by atoms with van der Waals surface area (Å²) in [7, 11) is -1.49. The monoisotopic (exact) mass is 624 g/mol. The lowest BCUT2D eigenvalue weighted by Crippen LogP contribution is -2.43. The van der Waals surface area contributed by atoms with Crippen molar-refractivity contribution >= 4 is 42.9 Å². The van der Waals surface area contributed by atoms with Crippen molar-refractivity contribution in [2.75, 3.05) is 12.3 Å². The number of aromatic nitrogens is 4. The largest absolute Gasteiger partial charge is 0.492 e. The van der Waals surface area contributed by atoms with Crippen LogP contribution in [-0.2, 0) is 27.2 Å². The molecule has 0 aliphatic carbocycles. The van der Waals surface area contributed by atoms with Crippen LogP contribution in [0.1, 0.15) is 34.3 Å². The summed E-state index contributed by atoms with van der Waals surface area (Å²) < 4.78 is 5.98. The first kappa shape index (κ1) is 31.9. The van der Waals surface area contributed by atoms with E-state index in [0.29, 0.717) is 34.2 Å². The van der Waals surface area contributed by atoms with Gasteiger partial charge in [0.05, 0.1) is 18.4 Å². The van der Waals surface area contributed by atoms with Gasteiger partial charge < -0.3 is 35.8 Å². The quantitative estimate of drug-likeness (QED) is 0.0942. The molecule has 234 valence electrons. The Morgan fingerprint density at radius 3 is 2.41 bits per heavy atom. The summed E-state index contributed by atoms with van der Waals surface area (Å²) in [6.45, 7) is 6.61. The molecule has 1 aromatic carbocycles. The number of ether oxygens (including phenoxy) is 1. The van der Waals surface area contributed by atoms with Crippen molar-refractivity contribution < 1.29 is 34.2 Å². The van der Waals surface area contributed by atoms with Crippen molar-refractivity contribution in [3.63, 3.8) is 0 Å². The maximum atomic E-state index is 13.1. The van der Waals surface area contributed by atoms with Gasteiger partial charge in [-0.15, -0.1) is 4.73 Å². The van der Waals surface area contributed by atoms with Gasteiger partial charge in [-0.1, -0.05) is 31.8 Å². The zero-order valence-corrected chi connectivity index (χ0v) is 25.7. The summed E-state index contributed by atoms with van der Waals surface area (Å²) in [6, 6.07) is 8.66. The smallest absolute Gasteiger partial charge is 0.333 e. The number of benzene rings is 1. The standard InChI is InChI=1S/C29H36N6O8Si/c1-44(2,3)15-14-42-28(41)20(10-13-23(38)43-35-21(36)11-12-22(35)37)32-26(39)18-7-4-17(5-8-18)6-9-19-16-31-25-24(19)27(40)34-29(30)33-25/h4-5,7-8,11-12,16,20,36-37H,6,9-10,13-15H2,1-3H3,(H,32,39)(H4,30,31,33,34,40)/t20-/m1/s1. The number of nitrogens with one attached hydrogen (secondary N) is 3. The number of anilines is 1. The Hall–Kier alpha value is -5.05. The van der Waals surface area contributed by atoms with Gasteiger partial charge in [-0.2, -0.15) is 4.98 Å². The van der Waals surface area contributed by atoms with Crippen LogP contribution >= 0.6 is 0 Å². The van der Waals surface area contributed by atoms with Crippen LogP contribution in [0.15, 0.2) is 47.4 Å². The number of hydrogen-bond acceptors (Lipinski definition) is 10. The summed E-state index contributed by atoms with van der Waals surface area (Å²) in [5.74, 6) is -2.99. The van der Waals surface area contributed by atoms with E-state index >= 15 is 0 Å². The van der Waals surface area contributed by atoms with Gasteiger partial charge in [0.25, 0.3) is 11.5 Å². The van der Waals surface area contributed by atoms with Crippen molar-refractivity contribution in [3.05, 3.63) is 69.6 Å². The lowest BCUT2D eigenvalue weighted by atomic mass is 10.0. The fourth-order valence-corrected chi connectivity index (χ4v) is 5.09. The van der Waals surface area contributed by atoms with Gasteiger partial charge in [0, 0.05) is 32.0 Å². The summed E-state index contributed by atoms with van der Waals surface area (Å²) in [4.78, 5) is 65.2. The van der Waals surface area contributed by atoms with Crippen LogP contribution in [0.3, 0.4) is 0 Å². The molecule has 7 N–H and O–H groups in total. The van der Waals surface area contributed by atoms with Crippen molar-refractivity contribution in [2.45, 2.75) is 57.4 Å². The van der Waals surface area contributed by atoms with E-state index in [0.717, 1.165) is 29.3 Å². The second-order valence-electron chi connectivity index (χ2n) is 11.5. The molecular formula is C29H36N6O8Si.